The Morgan fingerprint density at radius 3 is 0.854 bits per heavy atom. The molecule has 0 spiro atoms. The van der Waals surface area contributed by atoms with Crippen LogP contribution in [0.15, 0.2) is 0 Å². The van der Waals surface area contributed by atoms with Crippen LogP contribution in [0.3, 0.4) is 0 Å². The van der Waals surface area contributed by atoms with Crippen LogP contribution in [0.5, 0.6) is 0 Å². The van der Waals surface area contributed by atoms with Gasteiger partial charge in [0.1, 0.15) is 0 Å². The zero-order valence-electron chi connectivity index (χ0n) is 29.4. The van der Waals surface area contributed by atoms with Crippen molar-refractivity contribution in [2.24, 2.45) is 0 Å². The largest absolute Gasteiger partial charge is 0.550 e. The standard InChI is InChI=1S/C26H56N.C12H24O2/c1-5-7-9-11-13-15-17-19-21-23-25-27(3,4)26-24-22-20-18-16-14-12-10-8-6-2;1-2-3-4-5-6-7-8-9-10-11-12(13)14/h5-26H2,1-4H3;2-11H2,1H3,(H,13,14)/q+1;/p-1. The first-order valence-electron chi connectivity index (χ1n) is 18.9. The van der Waals surface area contributed by atoms with Crippen LogP contribution < -0.4 is 5.11 Å². The van der Waals surface area contributed by atoms with E-state index in [9.17, 15) is 9.90 Å². The third kappa shape index (κ3) is 41.6. The van der Waals surface area contributed by atoms with Gasteiger partial charge >= 0.3 is 0 Å². The number of carboxylic acid groups (broad SMARTS) is 1. The van der Waals surface area contributed by atoms with Gasteiger partial charge in [-0.2, -0.15) is 0 Å². The first kappa shape index (κ1) is 42.6. The van der Waals surface area contributed by atoms with E-state index < -0.39 is 5.97 Å². The van der Waals surface area contributed by atoms with Crippen molar-refractivity contribution in [2.45, 2.75) is 213 Å². The number of carbonyl (C=O) groups is 1. The molecule has 3 heteroatoms. The Hall–Kier alpha value is -0.570. The van der Waals surface area contributed by atoms with Crippen molar-refractivity contribution in [3.05, 3.63) is 0 Å². The molecule has 0 N–H and O–H groups in total. The SMILES string of the molecule is CCCCCCCCCCCC(=O)[O-].CCCCCCCCCCCC[N+](C)(C)CCCCCCCCCCCC. The van der Waals surface area contributed by atoms with E-state index in [1.807, 2.05) is 0 Å². The minimum Gasteiger partial charge on any atom is -0.550 e. The average molecular weight is 582 g/mol. The van der Waals surface area contributed by atoms with E-state index >= 15 is 0 Å². The monoisotopic (exact) mass is 582 g/mol. The highest BCUT2D eigenvalue weighted by Gasteiger charge is 2.13. The topological polar surface area (TPSA) is 40.1 Å². The molecule has 41 heavy (non-hydrogen) atoms. The number of carboxylic acids is 1. The van der Waals surface area contributed by atoms with Crippen molar-refractivity contribution in [2.75, 3.05) is 27.2 Å². The van der Waals surface area contributed by atoms with Crippen molar-refractivity contribution < 1.29 is 14.4 Å². The summed E-state index contributed by atoms with van der Waals surface area (Å²) in [7, 11) is 4.89. The van der Waals surface area contributed by atoms with Crippen LogP contribution in [-0.2, 0) is 4.79 Å². The molecule has 0 saturated heterocycles. The van der Waals surface area contributed by atoms with Crippen molar-refractivity contribution in [1.29, 1.82) is 0 Å². The highest BCUT2D eigenvalue weighted by Crippen LogP contribution is 2.14. The molecule has 0 atom stereocenters. The molecule has 0 aliphatic rings. The number of nitrogens with zero attached hydrogens (tertiary/aromatic N) is 1. The van der Waals surface area contributed by atoms with Gasteiger partial charge in [0.15, 0.2) is 0 Å². The van der Waals surface area contributed by atoms with Crippen LogP contribution in [-0.4, -0.2) is 37.6 Å². The van der Waals surface area contributed by atoms with Crippen LogP contribution >= 0.6 is 0 Å². The Labute approximate surface area is 260 Å². The average Bonchev–Trinajstić information content (AvgIpc) is 2.94. The summed E-state index contributed by atoms with van der Waals surface area (Å²) < 4.78 is 1.24. The molecule has 0 saturated carbocycles. The molecular formula is C38H79NO2. The second-order valence-electron chi connectivity index (χ2n) is 13.7. The van der Waals surface area contributed by atoms with Gasteiger partial charge in [0.25, 0.3) is 0 Å². The molecule has 0 aliphatic carbocycles. The fraction of sp³-hybridized carbons (Fsp3) is 0.974. The lowest BCUT2D eigenvalue weighted by Gasteiger charge is -2.30. The van der Waals surface area contributed by atoms with Crippen LogP contribution in [0.2, 0.25) is 0 Å². The Bertz CT molecular complexity index is 465. The number of hydrogen-bond acceptors (Lipinski definition) is 2. The molecule has 0 amide bonds. The summed E-state index contributed by atoms with van der Waals surface area (Å²) in [5.41, 5.74) is 0. The third-order valence-corrected chi connectivity index (χ3v) is 8.72. The Morgan fingerprint density at radius 1 is 0.390 bits per heavy atom. The molecule has 0 rings (SSSR count). The number of aliphatic carboxylic acids is 1. The van der Waals surface area contributed by atoms with E-state index in [2.05, 4.69) is 34.9 Å². The van der Waals surface area contributed by atoms with Gasteiger partial charge in [-0.15, -0.1) is 0 Å². The maximum absolute atomic E-state index is 10.1. The van der Waals surface area contributed by atoms with Crippen LogP contribution in [0.1, 0.15) is 213 Å². The fourth-order valence-electron chi connectivity index (χ4n) is 5.75. The first-order chi connectivity index (χ1) is 19.9. The lowest BCUT2D eigenvalue weighted by molar-refractivity contribution is -0.890. The number of carbonyl (C=O) groups excluding carboxylic acids is 1. The highest BCUT2D eigenvalue weighted by molar-refractivity contribution is 5.64. The quantitative estimate of drug-likeness (QED) is 0.0585. The van der Waals surface area contributed by atoms with Crippen LogP contribution in [0, 0.1) is 0 Å². The van der Waals surface area contributed by atoms with Crippen LogP contribution in [0.25, 0.3) is 0 Å². The zero-order valence-corrected chi connectivity index (χ0v) is 29.4. The maximum atomic E-state index is 10.1. The minimum atomic E-state index is -0.909. The zero-order chi connectivity index (χ0) is 30.7. The van der Waals surface area contributed by atoms with Gasteiger partial charge in [0.05, 0.1) is 27.2 Å². The van der Waals surface area contributed by atoms with E-state index in [1.165, 1.54) is 191 Å². The summed E-state index contributed by atoms with van der Waals surface area (Å²) in [6, 6.07) is 0. The molecule has 0 aromatic heterocycles. The molecule has 3 nitrogen and oxygen atoms in total. The van der Waals surface area contributed by atoms with E-state index in [-0.39, 0.29) is 6.42 Å². The summed E-state index contributed by atoms with van der Waals surface area (Å²) in [6.45, 7) is 9.59. The number of rotatable bonds is 32. The molecule has 0 unspecified atom stereocenters. The van der Waals surface area contributed by atoms with E-state index in [0.29, 0.717) is 0 Å². The van der Waals surface area contributed by atoms with E-state index in [4.69, 9.17) is 0 Å². The van der Waals surface area contributed by atoms with E-state index in [0.717, 1.165) is 12.8 Å². The summed E-state index contributed by atoms with van der Waals surface area (Å²) >= 11 is 0. The second-order valence-corrected chi connectivity index (χ2v) is 13.7. The lowest BCUT2D eigenvalue weighted by atomic mass is 10.1. The summed E-state index contributed by atoms with van der Waals surface area (Å²) in [4.78, 5) is 10.1. The highest BCUT2D eigenvalue weighted by atomic mass is 16.4. The predicted octanol–water partition coefficient (Wildman–Crippen LogP) is 11.6. The van der Waals surface area contributed by atoms with E-state index in [1.54, 1.807) is 0 Å². The van der Waals surface area contributed by atoms with Gasteiger partial charge in [-0.25, -0.2) is 0 Å². The van der Waals surface area contributed by atoms with Crippen molar-refractivity contribution >= 4 is 5.97 Å². The lowest BCUT2D eigenvalue weighted by Crippen LogP contribution is -2.41. The Balaban J connectivity index is 0. The number of unbranched alkanes of at least 4 members (excludes halogenated alkanes) is 26. The Morgan fingerprint density at radius 2 is 0.610 bits per heavy atom. The van der Waals surface area contributed by atoms with Crippen molar-refractivity contribution in [3.8, 4) is 0 Å². The van der Waals surface area contributed by atoms with Crippen molar-refractivity contribution in [3.63, 3.8) is 0 Å². The molecule has 0 heterocycles. The predicted molar refractivity (Wildman–Crippen MR) is 182 cm³/mol. The third-order valence-electron chi connectivity index (χ3n) is 8.72. The van der Waals surface area contributed by atoms with Gasteiger partial charge in [-0.3, -0.25) is 0 Å². The molecule has 0 radical (unpaired) electrons. The molecule has 0 fully saturated rings. The number of hydrogen-bond donors (Lipinski definition) is 0. The van der Waals surface area contributed by atoms with Gasteiger partial charge < -0.3 is 14.4 Å². The van der Waals surface area contributed by atoms with Crippen molar-refractivity contribution in [1.82, 2.24) is 0 Å². The smallest absolute Gasteiger partial charge is 0.0782 e. The summed E-state index contributed by atoms with van der Waals surface area (Å²) in [6.07, 6.45) is 40.2. The molecule has 248 valence electrons. The molecule has 0 aliphatic heterocycles. The van der Waals surface area contributed by atoms with Gasteiger partial charge in [-0.05, 0) is 38.5 Å². The molecule has 0 aromatic rings. The Kier molecular flexibility index (Phi) is 37.0. The van der Waals surface area contributed by atoms with Crippen LogP contribution in [0.4, 0.5) is 0 Å². The molecule has 0 bridgehead atoms. The fourth-order valence-corrected chi connectivity index (χ4v) is 5.75. The van der Waals surface area contributed by atoms with Gasteiger partial charge in [0.2, 0.25) is 0 Å². The minimum absolute atomic E-state index is 0.232. The molecular weight excluding hydrogens is 502 g/mol. The summed E-state index contributed by atoms with van der Waals surface area (Å²) in [5.74, 6) is -0.909. The summed E-state index contributed by atoms with van der Waals surface area (Å²) in [5, 5.41) is 10.1. The van der Waals surface area contributed by atoms with Gasteiger partial charge in [-0.1, -0.05) is 175 Å². The molecule has 0 aromatic carbocycles. The number of quaternary nitrogens is 1. The van der Waals surface area contributed by atoms with Gasteiger partial charge in [0, 0.05) is 5.97 Å². The second kappa shape index (κ2) is 35.6. The first-order valence-corrected chi connectivity index (χ1v) is 18.9. The normalized spacial score (nSPS) is 11.4. The maximum Gasteiger partial charge on any atom is 0.0782 e.